The van der Waals surface area contributed by atoms with Crippen LogP contribution in [0.4, 0.5) is 0 Å². The van der Waals surface area contributed by atoms with Crippen LogP contribution in [0.5, 0.6) is 0 Å². The average molecular weight is 396 g/mol. The molecule has 2 aromatic carbocycles. The normalized spacial score (nSPS) is 33.3. The Balaban J connectivity index is 1.46. The van der Waals surface area contributed by atoms with Gasteiger partial charge < -0.3 is 0 Å². The zero-order chi connectivity index (χ0) is 18.4. The Hall–Kier alpha value is -1.54. The maximum atomic E-state index is 6.23. The predicted octanol–water partition coefficient (Wildman–Crippen LogP) is 6.57. The monoisotopic (exact) mass is 395 g/mol. The van der Waals surface area contributed by atoms with E-state index in [1.807, 2.05) is 12.1 Å². The number of fused-ring (bicyclic) bond motifs is 1. The molecule has 27 heavy (non-hydrogen) atoms. The molecular weight excluding hydrogens is 373 g/mol. The summed E-state index contributed by atoms with van der Waals surface area (Å²) in [6.07, 6.45) is 11.1. The van der Waals surface area contributed by atoms with E-state index in [-0.39, 0.29) is 0 Å². The summed E-state index contributed by atoms with van der Waals surface area (Å²) in [5, 5.41) is 1.25. The van der Waals surface area contributed by atoms with Crippen molar-refractivity contribution in [1.29, 1.82) is 0 Å². The van der Waals surface area contributed by atoms with Gasteiger partial charge in [-0.05, 0) is 54.4 Å². The van der Waals surface area contributed by atoms with Crippen molar-refractivity contribution in [2.24, 2.45) is 11.8 Å². The van der Waals surface area contributed by atoms with Crippen molar-refractivity contribution in [2.75, 3.05) is 6.54 Å². The van der Waals surface area contributed by atoms with Crippen LogP contribution in [0.1, 0.15) is 30.4 Å². The van der Waals surface area contributed by atoms with Crippen LogP contribution in [-0.4, -0.2) is 23.5 Å². The Bertz CT molecular complexity index is 902. The molecule has 3 heteroatoms. The van der Waals surface area contributed by atoms with Crippen molar-refractivity contribution >= 4 is 35.4 Å². The molecule has 4 bridgehead atoms. The van der Waals surface area contributed by atoms with Crippen molar-refractivity contribution in [3.05, 3.63) is 81.4 Å². The van der Waals surface area contributed by atoms with Gasteiger partial charge in [-0.15, -0.1) is 0 Å². The van der Waals surface area contributed by atoms with Crippen molar-refractivity contribution in [3.63, 3.8) is 0 Å². The molecule has 0 N–H and O–H groups in total. The van der Waals surface area contributed by atoms with Crippen LogP contribution in [0.15, 0.2) is 60.2 Å². The molecule has 138 valence electrons. The summed E-state index contributed by atoms with van der Waals surface area (Å²) in [5.41, 5.74) is 4.00. The zero-order valence-electron chi connectivity index (χ0n) is 15.2. The lowest BCUT2D eigenvalue weighted by atomic mass is 9.70. The number of benzene rings is 2. The highest BCUT2D eigenvalue weighted by Crippen LogP contribution is 2.51. The first-order valence-corrected chi connectivity index (χ1v) is 10.6. The van der Waals surface area contributed by atoms with Crippen LogP contribution in [0.25, 0.3) is 12.2 Å². The summed E-state index contributed by atoms with van der Waals surface area (Å²) in [6, 6.07) is 18.1. The summed E-state index contributed by atoms with van der Waals surface area (Å²) < 4.78 is 0. The van der Waals surface area contributed by atoms with Gasteiger partial charge in [0, 0.05) is 18.6 Å². The fourth-order valence-electron chi connectivity index (χ4n) is 5.34. The summed E-state index contributed by atoms with van der Waals surface area (Å²) in [6.45, 7) is 1.11. The van der Waals surface area contributed by atoms with Crippen LogP contribution in [0, 0.1) is 11.8 Å². The highest BCUT2D eigenvalue weighted by Gasteiger charge is 2.51. The Labute approximate surface area is 171 Å². The molecule has 4 aliphatic rings. The predicted molar refractivity (Wildman–Crippen MR) is 115 cm³/mol. The van der Waals surface area contributed by atoms with E-state index >= 15 is 0 Å². The molecule has 0 saturated carbocycles. The van der Waals surface area contributed by atoms with E-state index in [0.717, 1.165) is 18.2 Å². The van der Waals surface area contributed by atoms with Gasteiger partial charge in [0.05, 0.1) is 10.0 Å². The first-order valence-electron chi connectivity index (χ1n) is 9.83. The second-order valence-corrected chi connectivity index (χ2v) is 8.87. The van der Waals surface area contributed by atoms with E-state index in [9.17, 15) is 0 Å². The van der Waals surface area contributed by atoms with Crippen molar-refractivity contribution in [1.82, 2.24) is 4.90 Å². The minimum Gasteiger partial charge on any atom is -0.293 e. The van der Waals surface area contributed by atoms with Crippen LogP contribution in [0.3, 0.4) is 0 Å². The number of rotatable bonds is 3. The molecular formula is C24H23Cl2N. The number of halogens is 2. The van der Waals surface area contributed by atoms with Crippen molar-refractivity contribution < 1.29 is 0 Å². The molecule has 5 atom stereocenters. The van der Waals surface area contributed by atoms with Gasteiger partial charge in [0.2, 0.25) is 0 Å². The van der Waals surface area contributed by atoms with E-state index in [0.29, 0.717) is 27.9 Å². The highest BCUT2D eigenvalue weighted by molar-refractivity contribution is 6.42. The van der Waals surface area contributed by atoms with E-state index in [2.05, 4.69) is 59.5 Å². The maximum Gasteiger partial charge on any atom is 0.0598 e. The summed E-state index contributed by atoms with van der Waals surface area (Å²) >= 11 is 12.3. The smallest absolute Gasteiger partial charge is 0.0598 e. The van der Waals surface area contributed by atoms with Crippen molar-refractivity contribution in [3.8, 4) is 0 Å². The molecule has 4 heterocycles. The number of nitrogens with zero attached hydrogens (tertiary/aromatic N) is 1. The van der Waals surface area contributed by atoms with E-state index in [1.165, 1.54) is 24.8 Å². The zero-order valence-corrected chi connectivity index (χ0v) is 16.7. The minimum absolute atomic E-state index is 0.603. The highest BCUT2D eigenvalue weighted by atomic mass is 35.5. The first-order chi connectivity index (χ1) is 13.2. The van der Waals surface area contributed by atoms with Crippen molar-refractivity contribution in [2.45, 2.75) is 31.3 Å². The maximum absolute atomic E-state index is 6.23. The summed E-state index contributed by atoms with van der Waals surface area (Å²) in [7, 11) is 0. The molecule has 6 rings (SSSR count). The lowest BCUT2D eigenvalue weighted by molar-refractivity contribution is 0.0486. The first kappa shape index (κ1) is 17.6. The molecule has 4 saturated heterocycles. The van der Waals surface area contributed by atoms with E-state index < -0.39 is 0 Å². The van der Waals surface area contributed by atoms with Gasteiger partial charge in [-0.1, -0.05) is 83.4 Å². The third kappa shape index (κ3) is 3.27. The second kappa shape index (κ2) is 7.13. The molecule has 0 aliphatic carbocycles. The lowest BCUT2D eigenvalue weighted by Gasteiger charge is -2.51. The standard InChI is InChI=1S/C24H23Cl2N/c25-22-10-7-17(13-23(22)26)12-18-15-27-19-8-11-24(27)20(21(18)14-19)9-6-16-4-2-1-3-5-16/h1-7,9-10,12-13,19-21,24H,8,11,14-15H2/b9-6-,18-12+. The molecule has 0 aromatic heterocycles. The fourth-order valence-corrected chi connectivity index (χ4v) is 5.65. The van der Waals surface area contributed by atoms with Crippen LogP contribution in [-0.2, 0) is 0 Å². The Morgan fingerprint density at radius 3 is 2.59 bits per heavy atom. The molecule has 5 unspecified atom stereocenters. The number of piperidine rings is 3. The minimum atomic E-state index is 0.603. The Kier molecular flexibility index (Phi) is 4.63. The molecule has 4 aliphatic heterocycles. The summed E-state index contributed by atoms with van der Waals surface area (Å²) in [4.78, 5) is 2.75. The van der Waals surface area contributed by atoms with Gasteiger partial charge >= 0.3 is 0 Å². The van der Waals surface area contributed by atoms with Gasteiger partial charge in [0.1, 0.15) is 0 Å². The second-order valence-electron chi connectivity index (χ2n) is 8.05. The van der Waals surface area contributed by atoms with E-state index in [1.54, 1.807) is 5.57 Å². The largest absolute Gasteiger partial charge is 0.293 e. The van der Waals surface area contributed by atoms with Gasteiger partial charge in [-0.2, -0.15) is 0 Å². The topological polar surface area (TPSA) is 3.24 Å². The Morgan fingerprint density at radius 1 is 0.926 bits per heavy atom. The summed E-state index contributed by atoms with van der Waals surface area (Å²) in [5.74, 6) is 1.24. The Morgan fingerprint density at radius 2 is 1.78 bits per heavy atom. The molecule has 2 aromatic rings. The van der Waals surface area contributed by atoms with Gasteiger partial charge in [-0.3, -0.25) is 4.90 Å². The molecule has 4 fully saturated rings. The third-order valence-corrected chi connectivity index (χ3v) is 7.31. The SMILES string of the molecule is Clc1ccc(/C=C2\CN3C4CCC3C(/C=C\c3ccccc3)C2C4)cc1Cl. The van der Waals surface area contributed by atoms with Gasteiger partial charge in [0.25, 0.3) is 0 Å². The van der Waals surface area contributed by atoms with Gasteiger partial charge in [-0.25, -0.2) is 0 Å². The fraction of sp³-hybridized carbons (Fsp3) is 0.333. The van der Waals surface area contributed by atoms with Crippen LogP contribution in [0.2, 0.25) is 10.0 Å². The van der Waals surface area contributed by atoms with Crippen LogP contribution < -0.4 is 0 Å². The third-order valence-electron chi connectivity index (χ3n) is 6.57. The average Bonchev–Trinajstić information content (AvgIpc) is 3.01. The number of hydrogen-bond donors (Lipinski definition) is 0. The molecule has 0 spiro atoms. The number of hydrogen-bond acceptors (Lipinski definition) is 1. The lowest BCUT2D eigenvalue weighted by Crippen LogP contribution is -2.55. The van der Waals surface area contributed by atoms with Gasteiger partial charge in [0.15, 0.2) is 0 Å². The molecule has 1 nitrogen and oxygen atoms in total. The van der Waals surface area contributed by atoms with E-state index in [4.69, 9.17) is 23.2 Å². The molecule has 0 radical (unpaired) electrons. The van der Waals surface area contributed by atoms with Crippen LogP contribution >= 0.6 is 23.2 Å². The molecule has 0 amide bonds. The quantitative estimate of drug-likeness (QED) is 0.567.